The number of benzene rings is 2. The minimum absolute atomic E-state index is 0.0691. The van der Waals surface area contributed by atoms with E-state index in [-0.39, 0.29) is 20.6 Å². The lowest BCUT2D eigenvalue weighted by Gasteiger charge is -2.02. The summed E-state index contributed by atoms with van der Waals surface area (Å²) < 4.78 is 43.5. The smallest absolute Gasteiger partial charge is 0.289 e. The van der Waals surface area contributed by atoms with Gasteiger partial charge in [-0.25, -0.2) is 27.1 Å². The molecule has 0 spiro atoms. The van der Waals surface area contributed by atoms with E-state index in [0.717, 1.165) is 12.1 Å². The van der Waals surface area contributed by atoms with E-state index in [4.69, 9.17) is 39.2 Å². The second-order valence-corrected chi connectivity index (χ2v) is 8.57. The first-order chi connectivity index (χ1) is 11.7. The summed E-state index contributed by atoms with van der Waals surface area (Å²) in [6.07, 6.45) is 0. The predicted molar refractivity (Wildman–Crippen MR) is 96.7 cm³/mol. The largest absolute Gasteiger partial charge is 0.398 e. The van der Waals surface area contributed by atoms with Crippen molar-refractivity contribution in [2.24, 2.45) is 10.3 Å². The third-order valence-electron chi connectivity index (χ3n) is 2.71. The SMILES string of the molecule is NS(=O)(=O)c1cc(Cl)ccc1[N+](=O)[O-].Nc1ccc(Cl)cc1S(N)(=O)=O. The summed E-state index contributed by atoms with van der Waals surface area (Å²) in [5.74, 6) is 0. The van der Waals surface area contributed by atoms with Crippen molar-refractivity contribution in [3.63, 3.8) is 0 Å². The molecule has 0 aliphatic rings. The Morgan fingerprint density at radius 3 is 1.65 bits per heavy atom. The van der Waals surface area contributed by atoms with Gasteiger partial charge in [-0.1, -0.05) is 23.2 Å². The Balaban J connectivity index is 0.000000263. The molecule has 2 aromatic rings. The molecule has 0 heterocycles. The molecular weight excluding hydrogens is 431 g/mol. The number of nitro benzene ring substituents is 1. The van der Waals surface area contributed by atoms with Crippen LogP contribution in [0.4, 0.5) is 11.4 Å². The average Bonchev–Trinajstić information content (AvgIpc) is 2.48. The lowest BCUT2D eigenvalue weighted by molar-refractivity contribution is -0.387. The fraction of sp³-hybridized carbons (Fsp3) is 0. The van der Waals surface area contributed by atoms with Gasteiger partial charge in [0.15, 0.2) is 4.90 Å². The van der Waals surface area contributed by atoms with E-state index in [0.29, 0.717) is 0 Å². The zero-order chi connectivity index (χ0) is 20.3. The first-order valence-electron chi connectivity index (χ1n) is 6.28. The van der Waals surface area contributed by atoms with Crippen LogP contribution in [0, 0.1) is 10.1 Å². The van der Waals surface area contributed by atoms with E-state index < -0.39 is 35.6 Å². The molecule has 0 aliphatic carbocycles. The van der Waals surface area contributed by atoms with Crippen LogP contribution in [0.2, 0.25) is 10.0 Å². The molecule has 0 amide bonds. The lowest BCUT2D eigenvalue weighted by Crippen LogP contribution is -2.14. The van der Waals surface area contributed by atoms with Crippen molar-refractivity contribution in [1.29, 1.82) is 0 Å². The molecule has 26 heavy (non-hydrogen) atoms. The van der Waals surface area contributed by atoms with Crippen molar-refractivity contribution in [2.75, 3.05) is 5.73 Å². The number of halogens is 2. The monoisotopic (exact) mass is 442 g/mol. The number of hydrogen-bond acceptors (Lipinski definition) is 7. The highest BCUT2D eigenvalue weighted by molar-refractivity contribution is 7.89. The maximum absolute atomic E-state index is 10.9. The maximum Gasteiger partial charge on any atom is 0.289 e. The molecule has 0 bridgehead atoms. The van der Waals surface area contributed by atoms with Crippen LogP contribution in [0.3, 0.4) is 0 Å². The highest BCUT2D eigenvalue weighted by atomic mass is 35.5. The maximum atomic E-state index is 10.9. The Morgan fingerprint density at radius 1 is 0.846 bits per heavy atom. The Morgan fingerprint density at radius 2 is 1.27 bits per heavy atom. The number of hydrogen-bond donors (Lipinski definition) is 3. The fourth-order valence-electron chi connectivity index (χ4n) is 1.62. The summed E-state index contributed by atoms with van der Waals surface area (Å²) in [6.45, 7) is 0. The van der Waals surface area contributed by atoms with Gasteiger partial charge in [0.1, 0.15) is 4.90 Å². The summed E-state index contributed by atoms with van der Waals surface area (Å²) >= 11 is 11.0. The molecule has 0 aliphatic heterocycles. The summed E-state index contributed by atoms with van der Waals surface area (Å²) in [6, 6.07) is 7.24. The molecular formula is C12H12Cl2N4O6S2. The summed E-state index contributed by atoms with van der Waals surface area (Å²) in [4.78, 5) is 8.85. The van der Waals surface area contributed by atoms with Gasteiger partial charge in [-0.3, -0.25) is 10.1 Å². The van der Waals surface area contributed by atoms with Crippen molar-refractivity contribution in [2.45, 2.75) is 9.79 Å². The van der Waals surface area contributed by atoms with Crippen LogP contribution in [-0.2, 0) is 20.0 Å². The van der Waals surface area contributed by atoms with E-state index in [1.54, 1.807) is 0 Å². The van der Waals surface area contributed by atoms with Gasteiger partial charge >= 0.3 is 0 Å². The Kier molecular flexibility index (Phi) is 6.93. The van der Waals surface area contributed by atoms with Gasteiger partial charge in [0.2, 0.25) is 20.0 Å². The van der Waals surface area contributed by atoms with Gasteiger partial charge in [0.25, 0.3) is 5.69 Å². The van der Waals surface area contributed by atoms with Gasteiger partial charge in [0, 0.05) is 16.1 Å². The minimum atomic E-state index is -4.13. The molecule has 0 saturated heterocycles. The first kappa shape index (κ1) is 22.1. The standard InChI is InChI=1S/C6H5ClN2O4S.C6H7ClN2O2S/c7-4-1-2-5(9(10)11)6(3-4)14(8,12)13;7-4-1-2-5(8)6(3-4)12(9,10)11/h1-3H,(H2,8,12,13);1-3H,8H2,(H2,9,10,11). The molecule has 14 heteroatoms. The molecule has 0 fully saturated rings. The number of nitrogens with zero attached hydrogens (tertiary/aromatic N) is 1. The topological polar surface area (TPSA) is 189 Å². The van der Waals surface area contributed by atoms with Gasteiger partial charge in [-0.15, -0.1) is 0 Å². The highest BCUT2D eigenvalue weighted by Crippen LogP contribution is 2.25. The van der Waals surface area contributed by atoms with E-state index in [1.165, 1.54) is 24.3 Å². The first-order valence-corrected chi connectivity index (χ1v) is 10.1. The van der Waals surface area contributed by atoms with Crippen LogP contribution < -0.4 is 16.0 Å². The van der Waals surface area contributed by atoms with E-state index in [2.05, 4.69) is 0 Å². The molecule has 142 valence electrons. The number of primary sulfonamides is 2. The third kappa shape index (κ3) is 6.09. The number of sulfonamides is 2. The number of nitrogen functional groups attached to an aromatic ring is 1. The molecule has 0 atom stereocenters. The number of nitro groups is 1. The fourth-order valence-corrected chi connectivity index (χ4v) is 3.51. The normalized spacial score (nSPS) is 11.4. The van der Waals surface area contributed by atoms with Crippen LogP contribution in [0.1, 0.15) is 0 Å². The molecule has 0 unspecified atom stereocenters. The molecule has 6 N–H and O–H groups in total. The summed E-state index contributed by atoms with van der Waals surface area (Å²) in [5.41, 5.74) is 4.87. The van der Waals surface area contributed by atoms with E-state index in [9.17, 15) is 26.9 Å². The molecule has 2 rings (SSSR count). The molecule has 10 nitrogen and oxygen atoms in total. The Labute approximate surface area is 158 Å². The zero-order valence-electron chi connectivity index (χ0n) is 12.7. The van der Waals surface area contributed by atoms with Crippen LogP contribution in [0.15, 0.2) is 46.2 Å². The molecule has 0 aromatic heterocycles. The Bertz CT molecular complexity index is 1060. The van der Waals surface area contributed by atoms with Crippen molar-refractivity contribution in [1.82, 2.24) is 0 Å². The van der Waals surface area contributed by atoms with E-state index >= 15 is 0 Å². The predicted octanol–water partition coefficient (Wildman–Crippen LogP) is 1.47. The van der Waals surface area contributed by atoms with Gasteiger partial charge in [0.05, 0.1) is 10.6 Å². The van der Waals surface area contributed by atoms with Crippen molar-refractivity contribution >= 4 is 54.6 Å². The minimum Gasteiger partial charge on any atom is -0.398 e. The zero-order valence-corrected chi connectivity index (χ0v) is 15.8. The van der Waals surface area contributed by atoms with Crippen molar-refractivity contribution < 1.29 is 21.8 Å². The molecule has 0 radical (unpaired) electrons. The highest BCUT2D eigenvalue weighted by Gasteiger charge is 2.22. The van der Waals surface area contributed by atoms with Crippen molar-refractivity contribution in [3.8, 4) is 0 Å². The van der Waals surface area contributed by atoms with Crippen molar-refractivity contribution in [3.05, 3.63) is 56.6 Å². The third-order valence-corrected chi connectivity index (χ3v) is 5.08. The molecule has 2 aromatic carbocycles. The number of rotatable bonds is 3. The summed E-state index contributed by atoms with van der Waals surface area (Å²) in [5, 5.41) is 20.4. The molecule has 0 saturated carbocycles. The van der Waals surface area contributed by atoms with Gasteiger partial charge < -0.3 is 5.73 Å². The van der Waals surface area contributed by atoms with Gasteiger partial charge in [-0.05, 0) is 30.3 Å². The second kappa shape index (κ2) is 8.16. The average molecular weight is 443 g/mol. The Hall–Kier alpha value is -1.96. The second-order valence-electron chi connectivity index (χ2n) is 4.64. The van der Waals surface area contributed by atoms with Crippen LogP contribution in [-0.4, -0.2) is 21.8 Å². The van der Waals surface area contributed by atoms with Crippen LogP contribution in [0.25, 0.3) is 0 Å². The van der Waals surface area contributed by atoms with E-state index in [1.807, 2.05) is 0 Å². The van der Waals surface area contributed by atoms with Crippen LogP contribution >= 0.6 is 23.2 Å². The van der Waals surface area contributed by atoms with Crippen LogP contribution in [0.5, 0.6) is 0 Å². The summed E-state index contributed by atoms with van der Waals surface area (Å²) in [7, 11) is -7.89. The quantitative estimate of drug-likeness (QED) is 0.363. The lowest BCUT2D eigenvalue weighted by atomic mass is 10.3. The number of anilines is 1. The van der Waals surface area contributed by atoms with Gasteiger partial charge in [-0.2, -0.15) is 0 Å². The number of nitrogens with two attached hydrogens (primary N) is 3.